The van der Waals surface area contributed by atoms with Crippen LogP contribution in [0.15, 0.2) is 52.1 Å². The van der Waals surface area contributed by atoms with Crippen molar-refractivity contribution < 1.29 is 18.8 Å². The highest BCUT2D eigenvalue weighted by atomic mass is 16.6. The molecule has 0 atom stereocenters. The van der Waals surface area contributed by atoms with Crippen molar-refractivity contribution in [1.82, 2.24) is 10.1 Å². The van der Waals surface area contributed by atoms with E-state index in [4.69, 9.17) is 18.8 Å². The van der Waals surface area contributed by atoms with Crippen LogP contribution in [-0.2, 0) is 11.4 Å². The van der Waals surface area contributed by atoms with Gasteiger partial charge in [0, 0.05) is 11.1 Å². The van der Waals surface area contributed by atoms with Gasteiger partial charge in [0.05, 0.1) is 20.4 Å². The van der Waals surface area contributed by atoms with Gasteiger partial charge in [-0.1, -0.05) is 40.6 Å². The van der Waals surface area contributed by atoms with Crippen LogP contribution in [0, 0.1) is 6.92 Å². The summed E-state index contributed by atoms with van der Waals surface area (Å²) in [4.78, 5) is 9.58. The lowest BCUT2D eigenvalue weighted by molar-refractivity contribution is 0.107. The summed E-state index contributed by atoms with van der Waals surface area (Å²) in [7, 11) is 3.15. The van der Waals surface area contributed by atoms with Crippen LogP contribution < -0.4 is 9.47 Å². The van der Waals surface area contributed by atoms with Crippen molar-refractivity contribution in [3.05, 3.63) is 59.5 Å². The summed E-state index contributed by atoms with van der Waals surface area (Å²) in [5, 5.41) is 7.91. The van der Waals surface area contributed by atoms with E-state index in [2.05, 4.69) is 15.3 Å². The molecular weight excluding hydrogens is 334 g/mol. The highest BCUT2D eigenvalue weighted by Crippen LogP contribution is 2.29. The third kappa shape index (κ3) is 3.83. The van der Waals surface area contributed by atoms with Crippen LogP contribution in [0.2, 0.25) is 0 Å². The summed E-state index contributed by atoms with van der Waals surface area (Å²) in [6.45, 7) is 2.06. The van der Waals surface area contributed by atoms with Gasteiger partial charge in [0.2, 0.25) is 5.82 Å². The lowest BCUT2D eigenvalue weighted by atomic mass is 10.1. The lowest BCUT2D eigenvalue weighted by Gasteiger charge is -2.09. The molecule has 0 bridgehead atoms. The Morgan fingerprint density at radius 2 is 1.92 bits per heavy atom. The van der Waals surface area contributed by atoms with Gasteiger partial charge in [-0.25, -0.2) is 0 Å². The van der Waals surface area contributed by atoms with Crippen molar-refractivity contribution in [1.29, 1.82) is 0 Å². The van der Waals surface area contributed by atoms with Gasteiger partial charge in [-0.15, -0.1) is 0 Å². The number of methoxy groups -OCH3 is 2. The van der Waals surface area contributed by atoms with Crippen molar-refractivity contribution >= 4 is 6.21 Å². The molecule has 26 heavy (non-hydrogen) atoms. The predicted octanol–water partition coefficient (Wildman–Crippen LogP) is 3.61. The van der Waals surface area contributed by atoms with Crippen molar-refractivity contribution in [2.24, 2.45) is 5.16 Å². The molecule has 0 radical (unpaired) electrons. The summed E-state index contributed by atoms with van der Waals surface area (Å²) < 4.78 is 15.8. The van der Waals surface area contributed by atoms with E-state index in [1.807, 2.05) is 49.4 Å². The molecule has 0 aliphatic carbocycles. The summed E-state index contributed by atoms with van der Waals surface area (Å²) in [5.41, 5.74) is 2.73. The molecule has 0 saturated heterocycles. The molecule has 2 aromatic carbocycles. The van der Waals surface area contributed by atoms with Gasteiger partial charge in [0.1, 0.15) is 0 Å². The molecule has 0 aliphatic heterocycles. The van der Waals surface area contributed by atoms with Gasteiger partial charge < -0.3 is 18.8 Å². The smallest absolute Gasteiger partial charge is 0.267 e. The van der Waals surface area contributed by atoms with E-state index >= 15 is 0 Å². The van der Waals surface area contributed by atoms with E-state index in [1.165, 1.54) is 0 Å². The normalized spacial score (nSPS) is 10.9. The minimum Gasteiger partial charge on any atom is -0.493 e. The fourth-order valence-electron chi connectivity index (χ4n) is 2.45. The molecule has 0 spiro atoms. The summed E-state index contributed by atoms with van der Waals surface area (Å²) >= 11 is 0. The van der Waals surface area contributed by atoms with Gasteiger partial charge in [0.15, 0.2) is 18.1 Å². The van der Waals surface area contributed by atoms with Gasteiger partial charge in [-0.3, -0.25) is 0 Å². The number of nitrogens with zero attached hydrogens (tertiary/aromatic N) is 3. The molecule has 3 rings (SSSR count). The average molecular weight is 353 g/mol. The first-order chi connectivity index (χ1) is 12.7. The highest BCUT2D eigenvalue weighted by molar-refractivity contribution is 5.84. The van der Waals surface area contributed by atoms with E-state index in [-0.39, 0.29) is 6.61 Å². The molecule has 7 nitrogen and oxygen atoms in total. The minimum absolute atomic E-state index is 0.0711. The number of hydrogen-bond donors (Lipinski definition) is 0. The Morgan fingerprint density at radius 3 is 2.69 bits per heavy atom. The first-order valence-corrected chi connectivity index (χ1v) is 7.98. The third-order valence-electron chi connectivity index (χ3n) is 3.74. The quantitative estimate of drug-likeness (QED) is 0.477. The highest BCUT2D eigenvalue weighted by Gasteiger charge is 2.11. The van der Waals surface area contributed by atoms with Crippen LogP contribution in [-0.4, -0.2) is 30.6 Å². The maximum atomic E-state index is 5.33. The fraction of sp³-hybridized carbons (Fsp3) is 0.211. The molecule has 0 amide bonds. The maximum Gasteiger partial charge on any atom is 0.267 e. The second-order valence-electron chi connectivity index (χ2n) is 5.42. The number of para-hydroxylation sites is 1. The van der Waals surface area contributed by atoms with E-state index < -0.39 is 0 Å². The molecule has 0 N–H and O–H groups in total. The first-order valence-electron chi connectivity index (χ1n) is 7.98. The predicted molar refractivity (Wildman–Crippen MR) is 96.4 cm³/mol. The van der Waals surface area contributed by atoms with Gasteiger partial charge in [-0.2, -0.15) is 4.98 Å². The molecule has 3 aromatic rings. The number of oxime groups is 1. The molecule has 0 unspecified atom stereocenters. The summed E-state index contributed by atoms with van der Waals surface area (Å²) in [5.74, 6) is 2.08. The SMILES string of the molecule is COc1cccc(/C=N\OCc2nc(-c3ccccc3C)no2)c1OC. The van der Waals surface area contributed by atoms with Crippen molar-refractivity contribution in [2.75, 3.05) is 14.2 Å². The lowest BCUT2D eigenvalue weighted by Crippen LogP contribution is -1.95. The largest absolute Gasteiger partial charge is 0.493 e. The zero-order valence-electron chi connectivity index (χ0n) is 14.8. The Labute approximate surface area is 151 Å². The molecule has 0 fully saturated rings. The van der Waals surface area contributed by atoms with E-state index in [0.717, 1.165) is 16.7 Å². The van der Waals surface area contributed by atoms with Crippen LogP contribution in [0.1, 0.15) is 17.0 Å². The van der Waals surface area contributed by atoms with Crippen molar-refractivity contribution in [2.45, 2.75) is 13.5 Å². The van der Waals surface area contributed by atoms with Crippen LogP contribution in [0.25, 0.3) is 11.4 Å². The van der Waals surface area contributed by atoms with Crippen LogP contribution >= 0.6 is 0 Å². The van der Waals surface area contributed by atoms with Crippen LogP contribution in [0.3, 0.4) is 0 Å². The minimum atomic E-state index is 0.0711. The molecule has 0 aliphatic rings. The Hall–Kier alpha value is -3.35. The molecule has 7 heteroatoms. The van der Waals surface area contributed by atoms with Gasteiger partial charge >= 0.3 is 0 Å². The van der Waals surface area contributed by atoms with Crippen LogP contribution in [0.5, 0.6) is 11.5 Å². The van der Waals surface area contributed by atoms with Crippen LogP contribution in [0.4, 0.5) is 0 Å². The van der Waals surface area contributed by atoms with E-state index in [0.29, 0.717) is 23.2 Å². The number of aromatic nitrogens is 2. The monoisotopic (exact) mass is 353 g/mol. The van der Waals surface area contributed by atoms with Crippen molar-refractivity contribution in [3.8, 4) is 22.9 Å². The number of aryl methyl sites for hydroxylation is 1. The second kappa shape index (κ2) is 8.15. The zero-order chi connectivity index (χ0) is 18.4. The van der Waals surface area contributed by atoms with E-state index in [9.17, 15) is 0 Å². The fourth-order valence-corrected chi connectivity index (χ4v) is 2.45. The van der Waals surface area contributed by atoms with Crippen molar-refractivity contribution in [3.63, 3.8) is 0 Å². The zero-order valence-corrected chi connectivity index (χ0v) is 14.8. The molecular formula is C19H19N3O4. The van der Waals surface area contributed by atoms with Gasteiger partial charge in [-0.05, 0) is 24.6 Å². The first kappa shape index (κ1) is 17.5. The topological polar surface area (TPSA) is 79.0 Å². The Balaban J connectivity index is 1.64. The van der Waals surface area contributed by atoms with E-state index in [1.54, 1.807) is 20.4 Å². The third-order valence-corrected chi connectivity index (χ3v) is 3.74. The Kier molecular flexibility index (Phi) is 5.48. The Bertz CT molecular complexity index is 905. The molecule has 0 saturated carbocycles. The number of hydrogen-bond acceptors (Lipinski definition) is 7. The molecule has 1 aromatic heterocycles. The number of ether oxygens (including phenoxy) is 2. The summed E-state index contributed by atoms with van der Waals surface area (Å²) in [6.07, 6.45) is 1.54. The molecule has 1 heterocycles. The standard InChI is InChI=1S/C19H19N3O4/c1-13-7-4-5-9-15(13)19-21-17(26-22-19)12-25-20-11-14-8-6-10-16(23-2)18(14)24-3/h4-11H,12H2,1-3H3/b20-11-. The second-order valence-corrected chi connectivity index (χ2v) is 5.42. The number of benzene rings is 2. The average Bonchev–Trinajstić information content (AvgIpc) is 3.13. The summed E-state index contributed by atoms with van der Waals surface area (Å²) in [6, 6.07) is 13.3. The maximum absolute atomic E-state index is 5.33. The Morgan fingerprint density at radius 1 is 1.08 bits per heavy atom. The molecule has 134 valence electrons. The van der Waals surface area contributed by atoms with Gasteiger partial charge in [0.25, 0.3) is 5.89 Å². The number of rotatable bonds is 7.